The van der Waals surface area contributed by atoms with Crippen LogP contribution in [-0.4, -0.2) is 40.6 Å². The van der Waals surface area contributed by atoms with Gasteiger partial charge < -0.3 is 20.1 Å². The number of fused-ring (bicyclic) bond motifs is 3. The van der Waals surface area contributed by atoms with Crippen LogP contribution >= 0.6 is 0 Å². The predicted molar refractivity (Wildman–Crippen MR) is 135 cm³/mol. The van der Waals surface area contributed by atoms with Crippen LogP contribution in [0.1, 0.15) is 56.7 Å². The first-order valence-electron chi connectivity index (χ1n) is 12.5. The molecule has 0 atom stereocenters. The van der Waals surface area contributed by atoms with Gasteiger partial charge in [-0.25, -0.2) is 14.4 Å². The summed E-state index contributed by atoms with van der Waals surface area (Å²) >= 11 is 0. The smallest absolute Gasteiger partial charge is 0.213 e. The van der Waals surface area contributed by atoms with Crippen LogP contribution in [0, 0.1) is 11.2 Å². The average Bonchev–Trinajstić information content (AvgIpc) is 3.45. The van der Waals surface area contributed by atoms with Gasteiger partial charge >= 0.3 is 0 Å². The Hall–Kier alpha value is -3.33. The molecule has 2 saturated carbocycles. The van der Waals surface area contributed by atoms with E-state index in [-0.39, 0.29) is 16.8 Å². The first-order chi connectivity index (χ1) is 17.5. The number of carbonyl (C=O) groups excluding carboxylic acids is 1. The van der Waals surface area contributed by atoms with E-state index in [2.05, 4.69) is 25.6 Å². The van der Waals surface area contributed by atoms with E-state index in [0.29, 0.717) is 60.0 Å². The van der Waals surface area contributed by atoms with Crippen LogP contribution in [0.25, 0.3) is 11.0 Å². The first kappa shape index (κ1) is 24.4. The molecule has 1 amide bonds. The number of hydrogen-bond donors (Lipinski definition) is 2. The third kappa shape index (κ3) is 4.72. The number of aryl methyl sites for hydroxylation is 1. The number of halogens is 1. The van der Waals surface area contributed by atoms with Gasteiger partial charge in [0, 0.05) is 23.7 Å². The molecule has 3 aromatic heterocycles. The lowest BCUT2D eigenvalue weighted by atomic mass is 9.79. The monoisotopic (exact) mass is 493 g/mol. The van der Waals surface area contributed by atoms with Crippen LogP contribution in [0.15, 0.2) is 30.5 Å². The zero-order chi connectivity index (χ0) is 25.2. The Morgan fingerprint density at radius 1 is 1.14 bits per heavy atom. The third-order valence-electron chi connectivity index (χ3n) is 7.89. The maximum absolute atomic E-state index is 14.8. The van der Waals surface area contributed by atoms with Gasteiger partial charge in [0.15, 0.2) is 11.6 Å². The van der Waals surface area contributed by atoms with Crippen molar-refractivity contribution in [2.75, 3.05) is 19.0 Å². The van der Waals surface area contributed by atoms with E-state index in [9.17, 15) is 9.18 Å². The summed E-state index contributed by atoms with van der Waals surface area (Å²) in [7, 11) is 1.56. The van der Waals surface area contributed by atoms with E-state index in [4.69, 9.17) is 9.47 Å². The Labute approximate surface area is 210 Å². The summed E-state index contributed by atoms with van der Waals surface area (Å²) in [5.41, 5.74) is 3.02. The summed E-state index contributed by atoms with van der Waals surface area (Å²) in [6.07, 6.45) is 8.95. The Balaban J connectivity index is 1.26. The molecule has 0 unspecified atom stereocenters. The summed E-state index contributed by atoms with van der Waals surface area (Å²) < 4.78 is 25.6. The molecule has 8 nitrogen and oxygen atoms in total. The van der Waals surface area contributed by atoms with Crippen molar-refractivity contribution in [3.05, 3.63) is 47.5 Å². The summed E-state index contributed by atoms with van der Waals surface area (Å²) in [5, 5.41) is 6.40. The number of aromatic nitrogens is 3. The van der Waals surface area contributed by atoms with Crippen molar-refractivity contribution in [1.82, 2.24) is 20.3 Å². The van der Waals surface area contributed by atoms with E-state index in [1.165, 1.54) is 6.20 Å². The zero-order valence-electron chi connectivity index (χ0n) is 20.8. The van der Waals surface area contributed by atoms with Crippen LogP contribution < -0.4 is 20.1 Å². The molecule has 0 saturated heterocycles. The number of pyridine rings is 3. The van der Waals surface area contributed by atoms with Gasteiger partial charge in [0.05, 0.1) is 36.6 Å². The van der Waals surface area contributed by atoms with Crippen molar-refractivity contribution in [2.24, 2.45) is 5.41 Å². The number of methoxy groups -OCH3 is 1. The Kier molecular flexibility index (Phi) is 6.75. The van der Waals surface area contributed by atoms with Crippen LogP contribution in [-0.2, 0) is 17.8 Å². The molecular formula is C27H32FN5O3. The van der Waals surface area contributed by atoms with Gasteiger partial charge in [0.2, 0.25) is 12.3 Å². The van der Waals surface area contributed by atoms with E-state index in [1.807, 2.05) is 25.1 Å². The van der Waals surface area contributed by atoms with Gasteiger partial charge in [0.1, 0.15) is 5.82 Å². The van der Waals surface area contributed by atoms with Crippen molar-refractivity contribution >= 4 is 23.3 Å². The second-order valence-corrected chi connectivity index (χ2v) is 9.96. The molecule has 36 heavy (non-hydrogen) atoms. The molecule has 2 N–H and O–H groups in total. The summed E-state index contributed by atoms with van der Waals surface area (Å²) in [6.45, 7) is 3.01. The predicted octanol–water partition coefficient (Wildman–Crippen LogP) is 4.56. The highest BCUT2D eigenvalue weighted by Crippen LogP contribution is 2.58. The normalized spacial score (nSPS) is 22.6. The minimum Gasteiger partial charge on any atom is -0.490 e. The van der Waals surface area contributed by atoms with Crippen LogP contribution in [0.3, 0.4) is 0 Å². The summed E-state index contributed by atoms with van der Waals surface area (Å²) in [5.74, 6) is 1.16. The van der Waals surface area contributed by atoms with Gasteiger partial charge in [-0.1, -0.05) is 0 Å². The van der Waals surface area contributed by atoms with E-state index in [1.54, 1.807) is 13.2 Å². The highest BCUT2D eigenvalue weighted by atomic mass is 19.1. The number of rotatable bonds is 11. The van der Waals surface area contributed by atoms with Crippen LogP contribution in [0.5, 0.6) is 11.6 Å². The highest BCUT2D eigenvalue weighted by Gasteiger charge is 2.53. The number of nitrogens with zero attached hydrogens (tertiary/aromatic N) is 3. The largest absolute Gasteiger partial charge is 0.490 e. The number of hydrogen-bond acceptors (Lipinski definition) is 7. The molecule has 0 radical (unpaired) electrons. The fourth-order valence-electron chi connectivity index (χ4n) is 6.02. The Morgan fingerprint density at radius 2 is 1.97 bits per heavy atom. The lowest BCUT2D eigenvalue weighted by Gasteiger charge is -2.29. The van der Waals surface area contributed by atoms with E-state index >= 15 is 0 Å². The molecular weight excluding hydrogens is 461 g/mol. The lowest BCUT2D eigenvalue weighted by Crippen LogP contribution is -2.40. The van der Waals surface area contributed by atoms with E-state index in [0.717, 1.165) is 44.2 Å². The van der Waals surface area contributed by atoms with Gasteiger partial charge in [-0.05, 0) is 75.5 Å². The van der Waals surface area contributed by atoms with Crippen molar-refractivity contribution < 1.29 is 18.7 Å². The number of anilines is 1. The van der Waals surface area contributed by atoms with Gasteiger partial charge in [-0.3, -0.25) is 9.78 Å². The molecule has 3 aromatic rings. The molecule has 190 valence electrons. The number of carbonyl (C=O) groups is 1. The summed E-state index contributed by atoms with van der Waals surface area (Å²) in [4.78, 5) is 24.2. The van der Waals surface area contributed by atoms with Crippen molar-refractivity contribution in [1.29, 1.82) is 0 Å². The molecule has 2 aliphatic carbocycles. The molecule has 3 heterocycles. The molecule has 2 bridgehead atoms. The van der Waals surface area contributed by atoms with Crippen LogP contribution in [0.4, 0.5) is 10.2 Å². The maximum atomic E-state index is 14.8. The van der Waals surface area contributed by atoms with Crippen molar-refractivity contribution in [2.45, 2.75) is 64.0 Å². The number of nitrogens with one attached hydrogen (secondary N) is 2. The Morgan fingerprint density at radius 3 is 2.72 bits per heavy atom. The maximum Gasteiger partial charge on any atom is 0.213 e. The summed E-state index contributed by atoms with van der Waals surface area (Å²) in [6, 6.07) is 7.36. The third-order valence-corrected chi connectivity index (χ3v) is 7.89. The fourth-order valence-corrected chi connectivity index (χ4v) is 6.02. The zero-order valence-corrected chi connectivity index (χ0v) is 20.8. The number of ether oxygens (including phenoxy) is 2. The molecule has 0 spiro atoms. The fraction of sp³-hybridized carbons (Fsp3) is 0.481. The molecule has 5 rings (SSSR count). The second-order valence-electron chi connectivity index (χ2n) is 9.96. The van der Waals surface area contributed by atoms with Crippen molar-refractivity contribution in [3.63, 3.8) is 0 Å². The minimum absolute atomic E-state index is 0.0683. The molecule has 0 aliphatic heterocycles. The van der Waals surface area contributed by atoms with E-state index < -0.39 is 0 Å². The number of amides is 1. The quantitative estimate of drug-likeness (QED) is 0.378. The molecule has 0 aromatic carbocycles. The van der Waals surface area contributed by atoms with Gasteiger partial charge in [-0.15, -0.1) is 0 Å². The van der Waals surface area contributed by atoms with Crippen LogP contribution in [0.2, 0.25) is 0 Å². The standard InChI is InChI=1S/C27H32FN5O3/c1-3-36-22-6-4-18(32-25(22)30-17-34)14-31-27-12-10-26(16-27,11-13-27)9-8-19-20(28)15-29-21-5-7-23(35-2)33-24(19)21/h4-7,15,17,31H,3,8-14,16H2,1-2H3,(H,30,32,34). The molecule has 2 fully saturated rings. The van der Waals surface area contributed by atoms with Gasteiger partial charge in [0.25, 0.3) is 0 Å². The molecule has 2 aliphatic rings. The van der Waals surface area contributed by atoms with Crippen molar-refractivity contribution in [3.8, 4) is 11.6 Å². The minimum atomic E-state index is -0.304. The molecule has 9 heteroatoms. The second kappa shape index (κ2) is 9.97. The average molecular weight is 494 g/mol. The lowest BCUT2D eigenvalue weighted by molar-refractivity contribution is -0.105. The van der Waals surface area contributed by atoms with Gasteiger partial charge in [-0.2, -0.15) is 0 Å². The first-order valence-corrected chi connectivity index (χ1v) is 12.5. The SMILES string of the molecule is CCOc1ccc(CNC23CCC(CCc4c(F)cnc5ccc(OC)nc45)(CC2)C3)nc1NC=O. The topological polar surface area (TPSA) is 98.3 Å². The highest BCUT2D eigenvalue weighted by molar-refractivity contribution is 5.78. The Bertz CT molecular complexity index is 1260.